The SMILES string of the molecule is CC(C)CCC(=O)NCC(O)c1ccc(N)cc1Cc1ccccc1. The number of benzene rings is 2. The van der Waals surface area contributed by atoms with Crippen LogP contribution in [0.1, 0.15) is 49.5 Å². The zero-order chi connectivity index (χ0) is 18.2. The van der Waals surface area contributed by atoms with Gasteiger partial charge in [-0.05, 0) is 47.6 Å². The number of nitrogen functional groups attached to an aromatic ring is 1. The van der Waals surface area contributed by atoms with Gasteiger partial charge in [0, 0.05) is 18.7 Å². The molecule has 1 atom stereocenters. The van der Waals surface area contributed by atoms with Crippen LogP contribution in [0.25, 0.3) is 0 Å². The summed E-state index contributed by atoms with van der Waals surface area (Å²) in [6.45, 7) is 4.39. The number of rotatable bonds is 8. The molecular formula is C21H28N2O2. The van der Waals surface area contributed by atoms with Crippen molar-refractivity contribution in [3.63, 3.8) is 0 Å². The number of carbonyl (C=O) groups excluding carboxylic acids is 1. The molecule has 2 rings (SSSR count). The van der Waals surface area contributed by atoms with Crippen LogP contribution in [0, 0.1) is 5.92 Å². The quantitative estimate of drug-likeness (QED) is 0.644. The lowest BCUT2D eigenvalue weighted by Crippen LogP contribution is -2.28. The maximum absolute atomic E-state index is 11.9. The van der Waals surface area contributed by atoms with Gasteiger partial charge < -0.3 is 16.2 Å². The first-order valence-electron chi connectivity index (χ1n) is 8.82. The minimum Gasteiger partial charge on any atom is -0.399 e. The number of nitrogens with two attached hydrogens (primary N) is 1. The summed E-state index contributed by atoms with van der Waals surface area (Å²) in [6, 6.07) is 15.6. The van der Waals surface area contributed by atoms with Crippen molar-refractivity contribution in [2.75, 3.05) is 12.3 Å². The second kappa shape index (κ2) is 9.23. The summed E-state index contributed by atoms with van der Waals surface area (Å²) in [5.74, 6) is 0.470. The fourth-order valence-corrected chi connectivity index (χ4v) is 2.75. The van der Waals surface area contributed by atoms with Gasteiger partial charge in [-0.1, -0.05) is 50.2 Å². The Morgan fingerprint density at radius 3 is 2.56 bits per heavy atom. The summed E-state index contributed by atoms with van der Waals surface area (Å²) in [7, 11) is 0. The van der Waals surface area contributed by atoms with Crippen LogP contribution in [-0.4, -0.2) is 17.6 Å². The highest BCUT2D eigenvalue weighted by Crippen LogP contribution is 2.23. The fraction of sp³-hybridized carbons (Fsp3) is 0.381. The first kappa shape index (κ1) is 19.0. The van der Waals surface area contributed by atoms with E-state index in [1.165, 1.54) is 0 Å². The number of hydrogen-bond acceptors (Lipinski definition) is 3. The van der Waals surface area contributed by atoms with Crippen molar-refractivity contribution in [3.05, 3.63) is 65.2 Å². The number of aliphatic hydroxyl groups is 1. The molecule has 4 heteroatoms. The van der Waals surface area contributed by atoms with Crippen LogP contribution in [0.4, 0.5) is 5.69 Å². The first-order chi connectivity index (χ1) is 12.0. The molecule has 0 aliphatic heterocycles. The number of nitrogens with one attached hydrogen (secondary N) is 1. The number of anilines is 1. The Balaban J connectivity index is 2.03. The van der Waals surface area contributed by atoms with E-state index in [0.29, 0.717) is 24.4 Å². The van der Waals surface area contributed by atoms with Crippen LogP contribution in [0.2, 0.25) is 0 Å². The molecule has 134 valence electrons. The lowest BCUT2D eigenvalue weighted by atomic mass is 9.95. The Morgan fingerprint density at radius 2 is 1.88 bits per heavy atom. The molecule has 2 aromatic carbocycles. The molecule has 0 saturated carbocycles. The van der Waals surface area contributed by atoms with E-state index < -0.39 is 6.10 Å². The van der Waals surface area contributed by atoms with Crippen LogP contribution in [0.3, 0.4) is 0 Å². The topological polar surface area (TPSA) is 75.3 Å². The second-order valence-electron chi connectivity index (χ2n) is 6.87. The lowest BCUT2D eigenvalue weighted by Gasteiger charge is -2.17. The highest BCUT2D eigenvalue weighted by molar-refractivity contribution is 5.75. The molecule has 0 heterocycles. The first-order valence-corrected chi connectivity index (χ1v) is 8.82. The van der Waals surface area contributed by atoms with Crippen LogP contribution in [0.5, 0.6) is 0 Å². The summed E-state index contributed by atoms with van der Waals surface area (Å²) in [5.41, 5.74) is 9.53. The predicted octanol–water partition coefficient (Wildman–Crippen LogP) is 3.45. The molecule has 0 aliphatic rings. The Hall–Kier alpha value is -2.33. The van der Waals surface area contributed by atoms with Gasteiger partial charge in [0.1, 0.15) is 0 Å². The van der Waals surface area contributed by atoms with E-state index in [2.05, 4.69) is 19.2 Å². The standard InChI is InChI=1S/C21H28N2O2/c1-15(2)8-11-21(25)23-14-20(24)19-10-9-18(22)13-17(19)12-16-6-4-3-5-7-16/h3-7,9-10,13,15,20,24H,8,11-12,14,22H2,1-2H3,(H,23,25). The van der Waals surface area contributed by atoms with Gasteiger partial charge in [-0.25, -0.2) is 0 Å². The molecule has 0 aromatic heterocycles. The van der Waals surface area contributed by atoms with Crippen molar-refractivity contribution in [1.82, 2.24) is 5.32 Å². The summed E-state index contributed by atoms with van der Waals surface area (Å²) >= 11 is 0. The molecule has 1 unspecified atom stereocenters. The van der Waals surface area contributed by atoms with Crippen LogP contribution in [-0.2, 0) is 11.2 Å². The molecule has 4 nitrogen and oxygen atoms in total. The van der Waals surface area contributed by atoms with E-state index in [0.717, 1.165) is 23.1 Å². The van der Waals surface area contributed by atoms with Gasteiger partial charge >= 0.3 is 0 Å². The Kier molecular flexibility index (Phi) is 7.02. The molecule has 25 heavy (non-hydrogen) atoms. The maximum Gasteiger partial charge on any atom is 0.220 e. The van der Waals surface area contributed by atoms with Crippen LogP contribution in [0.15, 0.2) is 48.5 Å². The van der Waals surface area contributed by atoms with Crippen molar-refractivity contribution in [2.24, 2.45) is 5.92 Å². The van der Waals surface area contributed by atoms with Gasteiger partial charge in [-0.2, -0.15) is 0 Å². The van der Waals surface area contributed by atoms with Gasteiger partial charge in [0.05, 0.1) is 6.10 Å². The van der Waals surface area contributed by atoms with E-state index in [1.807, 2.05) is 42.5 Å². The molecule has 0 aliphatic carbocycles. The highest BCUT2D eigenvalue weighted by Gasteiger charge is 2.14. The van der Waals surface area contributed by atoms with Gasteiger partial charge in [-0.3, -0.25) is 4.79 Å². The molecule has 4 N–H and O–H groups in total. The summed E-state index contributed by atoms with van der Waals surface area (Å²) in [6.07, 6.45) is 1.29. The third-order valence-corrected chi connectivity index (χ3v) is 4.20. The van der Waals surface area contributed by atoms with Crippen LogP contribution < -0.4 is 11.1 Å². The average Bonchev–Trinajstić information content (AvgIpc) is 2.59. The molecular weight excluding hydrogens is 312 g/mol. The number of carbonyl (C=O) groups is 1. The molecule has 0 radical (unpaired) electrons. The van der Waals surface area contributed by atoms with Gasteiger partial charge in [-0.15, -0.1) is 0 Å². The smallest absolute Gasteiger partial charge is 0.220 e. The number of aliphatic hydroxyl groups excluding tert-OH is 1. The molecule has 1 amide bonds. The van der Waals surface area contributed by atoms with Gasteiger partial charge in [0.25, 0.3) is 0 Å². The third-order valence-electron chi connectivity index (χ3n) is 4.20. The zero-order valence-corrected chi connectivity index (χ0v) is 15.0. The maximum atomic E-state index is 11.9. The van der Waals surface area contributed by atoms with E-state index >= 15 is 0 Å². The van der Waals surface area contributed by atoms with Crippen molar-refractivity contribution < 1.29 is 9.90 Å². The number of amides is 1. The van der Waals surface area contributed by atoms with Gasteiger partial charge in [0.15, 0.2) is 0 Å². The molecule has 0 fully saturated rings. The minimum absolute atomic E-state index is 0.0206. The van der Waals surface area contributed by atoms with Crippen molar-refractivity contribution >= 4 is 11.6 Å². The molecule has 0 spiro atoms. The minimum atomic E-state index is -0.748. The predicted molar refractivity (Wildman–Crippen MR) is 102 cm³/mol. The second-order valence-corrected chi connectivity index (χ2v) is 6.87. The summed E-state index contributed by atoms with van der Waals surface area (Å²) in [4.78, 5) is 11.9. The van der Waals surface area contributed by atoms with Gasteiger partial charge in [0.2, 0.25) is 5.91 Å². The molecule has 0 saturated heterocycles. The third kappa shape index (κ3) is 6.24. The van der Waals surface area contributed by atoms with E-state index in [9.17, 15) is 9.90 Å². The highest BCUT2D eigenvalue weighted by atomic mass is 16.3. The zero-order valence-electron chi connectivity index (χ0n) is 15.0. The van der Waals surface area contributed by atoms with E-state index in [-0.39, 0.29) is 12.5 Å². The fourth-order valence-electron chi connectivity index (χ4n) is 2.75. The average molecular weight is 340 g/mol. The largest absolute Gasteiger partial charge is 0.399 e. The summed E-state index contributed by atoms with van der Waals surface area (Å²) < 4.78 is 0. The van der Waals surface area contributed by atoms with Crippen molar-refractivity contribution in [1.29, 1.82) is 0 Å². The normalized spacial score (nSPS) is 12.2. The molecule has 2 aromatic rings. The van der Waals surface area contributed by atoms with Crippen LogP contribution >= 0.6 is 0 Å². The molecule has 0 bridgehead atoms. The van der Waals surface area contributed by atoms with E-state index in [1.54, 1.807) is 6.07 Å². The Labute approximate surface area is 150 Å². The monoisotopic (exact) mass is 340 g/mol. The lowest BCUT2D eigenvalue weighted by molar-refractivity contribution is -0.121. The Bertz CT molecular complexity index is 684. The van der Waals surface area contributed by atoms with Crippen molar-refractivity contribution in [2.45, 2.75) is 39.2 Å². The van der Waals surface area contributed by atoms with E-state index in [4.69, 9.17) is 5.73 Å². The van der Waals surface area contributed by atoms with Crippen molar-refractivity contribution in [3.8, 4) is 0 Å². The number of hydrogen-bond donors (Lipinski definition) is 3. The Morgan fingerprint density at radius 1 is 1.16 bits per heavy atom. The summed E-state index contributed by atoms with van der Waals surface area (Å²) in [5, 5.41) is 13.4.